The number of carbonyl (C=O) groups excluding carboxylic acids is 2. The maximum atomic E-state index is 14.8. The Labute approximate surface area is 215 Å². The van der Waals surface area contributed by atoms with Crippen molar-refractivity contribution in [1.82, 2.24) is 10.2 Å². The van der Waals surface area contributed by atoms with E-state index in [-0.39, 0.29) is 34.5 Å². The molecule has 1 atom stereocenters. The van der Waals surface area contributed by atoms with E-state index >= 15 is 0 Å². The van der Waals surface area contributed by atoms with Gasteiger partial charge in [-0.15, -0.1) is 0 Å². The maximum Gasteiger partial charge on any atom is 0.325 e. The van der Waals surface area contributed by atoms with Crippen molar-refractivity contribution in [2.45, 2.75) is 26.1 Å². The largest absolute Gasteiger partial charge is 0.497 e. The highest BCUT2D eigenvalue weighted by molar-refractivity contribution is 6.31. The third-order valence-electron chi connectivity index (χ3n) is 6.35. The number of halogens is 5. The van der Waals surface area contributed by atoms with Crippen LogP contribution in [0.3, 0.4) is 0 Å². The van der Waals surface area contributed by atoms with Crippen molar-refractivity contribution in [3.63, 3.8) is 0 Å². The number of fused-ring (bicyclic) bond motifs is 1. The van der Waals surface area contributed by atoms with Gasteiger partial charge >= 0.3 is 6.03 Å². The lowest BCUT2D eigenvalue weighted by Crippen LogP contribution is -2.46. The van der Waals surface area contributed by atoms with Crippen molar-refractivity contribution >= 4 is 29.2 Å². The van der Waals surface area contributed by atoms with Crippen LogP contribution in [0.1, 0.15) is 40.0 Å². The maximum absolute atomic E-state index is 14.8. The summed E-state index contributed by atoms with van der Waals surface area (Å²) in [4.78, 5) is 28.8. The van der Waals surface area contributed by atoms with E-state index in [4.69, 9.17) is 16.3 Å². The van der Waals surface area contributed by atoms with Crippen LogP contribution in [0, 0.1) is 23.3 Å². The fourth-order valence-electron chi connectivity index (χ4n) is 4.11. The number of urea groups is 1. The Hall–Kier alpha value is -3.79. The summed E-state index contributed by atoms with van der Waals surface area (Å²) in [6.07, 6.45) is 0. The molecule has 0 aromatic heterocycles. The van der Waals surface area contributed by atoms with Gasteiger partial charge in [0.1, 0.15) is 29.0 Å². The normalized spacial score (nSPS) is 15.0. The van der Waals surface area contributed by atoms with Crippen molar-refractivity contribution in [2.75, 3.05) is 19.1 Å². The van der Waals surface area contributed by atoms with Gasteiger partial charge in [-0.1, -0.05) is 17.7 Å². The third-order valence-corrected chi connectivity index (χ3v) is 6.68. The lowest BCUT2D eigenvalue weighted by molar-refractivity contribution is 0.0950. The second-order valence-electron chi connectivity index (χ2n) is 8.53. The highest BCUT2D eigenvalue weighted by atomic mass is 35.5. The van der Waals surface area contributed by atoms with E-state index < -0.39 is 47.3 Å². The fraction of sp³-hybridized carbons (Fsp3) is 0.231. The number of carbonyl (C=O) groups is 2. The number of hydrogen-bond donors (Lipinski definition) is 1. The number of methoxy groups -OCH3 is 1. The van der Waals surface area contributed by atoms with Crippen LogP contribution in [-0.2, 0) is 13.1 Å². The van der Waals surface area contributed by atoms with Gasteiger partial charge in [-0.3, -0.25) is 9.69 Å². The first-order valence-corrected chi connectivity index (χ1v) is 11.5. The van der Waals surface area contributed by atoms with Crippen LogP contribution < -0.4 is 15.0 Å². The highest BCUT2D eigenvalue weighted by Gasteiger charge is 2.34. The topological polar surface area (TPSA) is 61.9 Å². The molecular formula is C26H22ClF4N3O3. The summed E-state index contributed by atoms with van der Waals surface area (Å²) in [6.45, 7) is 1.05. The smallest absolute Gasteiger partial charge is 0.325 e. The van der Waals surface area contributed by atoms with Crippen LogP contribution in [0.2, 0.25) is 5.02 Å². The van der Waals surface area contributed by atoms with Gasteiger partial charge in [0.25, 0.3) is 5.91 Å². The summed E-state index contributed by atoms with van der Waals surface area (Å²) < 4.78 is 60.9. The molecule has 3 amide bonds. The van der Waals surface area contributed by atoms with Gasteiger partial charge < -0.3 is 15.0 Å². The third kappa shape index (κ3) is 5.06. The molecule has 0 bridgehead atoms. The zero-order chi connectivity index (χ0) is 27.0. The standard InChI is InChI=1S/C26H22ClF4N3O3/c1-13-17-5-4-14(25(35)32-11-18-21(29)7-15(28)8-22(18)30)6-24(17)34(26(36)33(13)2)12-19-20(27)9-16(37-3)10-23(19)31/h4-10,13H,11-12H2,1-3H3,(H,32,35)/t13-/m0/s1. The molecule has 3 aromatic rings. The molecule has 0 saturated carbocycles. The van der Waals surface area contributed by atoms with Crippen LogP contribution in [0.25, 0.3) is 0 Å². The number of ether oxygens (including phenoxy) is 1. The number of anilines is 1. The summed E-state index contributed by atoms with van der Waals surface area (Å²) in [6, 6.07) is 7.43. The molecule has 194 valence electrons. The average Bonchev–Trinajstić information content (AvgIpc) is 2.85. The molecule has 11 heteroatoms. The van der Waals surface area contributed by atoms with Gasteiger partial charge in [-0.05, 0) is 30.7 Å². The lowest BCUT2D eigenvalue weighted by Gasteiger charge is -2.39. The number of rotatable bonds is 6. The van der Waals surface area contributed by atoms with E-state index in [1.807, 2.05) is 0 Å². The van der Waals surface area contributed by atoms with Gasteiger partial charge in [0, 0.05) is 48.5 Å². The molecule has 37 heavy (non-hydrogen) atoms. The SMILES string of the molecule is COc1cc(F)c(CN2C(=O)N(C)[C@@H](C)c3ccc(C(=O)NCc4c(F)cc(F)cc4F)cc32)c(Cl)c1. The molecule has 1 aliphatic heterocycles. The Morgan fingerprint density at radius 2 is 1.68 bits per heavy atom. The van der Waals surface area contributed by atoms with E-state index in [1.54, 1.807) is 20.0 Å². The van der Waals surface area contributed by atoms with Crippen LogP contribution in [-0.4, -0.2) is 31.0 Å². The second-order valence-corrected chi connectivity index (χ2v) is 8.94. The number of amides is 3. The quantitative estimate of drug-likeness (QED) is 0.396. The van der Waals surface area contributed by atoms with Crippen LogP contribution >= 0.6 is 11.6 Å². The van der Waals surface area contributed by atoms with E-state index in [9.17, 15) is 27.2 Å². The second kappa shape index (κ2) is 10.3. The molecule has 1 aliphatic rings. The minimum atomic E-state index is -1.13. The summed E-state index contributed by atoms with van der Waals surface area (Å²) in [5.74, 6) is -4.46. The molecule has 1 heterocycles. The first-order valence-electron chi connectivity index (χ1n) is 11.1. The van der Waals surface area contributed by atoms with Crippen molar-refractivity contribution in [2.24, 2.45) is 0 Å². The van der Waals surface area contributed by atoms with Gasteiger partial charge in [0.15, 0.2) is 0 Å². The summed E-state index contributed by atoms with van der Waals surface area (Å²) in [7, 11) is 2.97. The first kappa shape index (κ1) is 26.3. The average molecular weight is 536 g/mol. The van der Waals surface area contributed by atoms with Gasteiger partial charge in [0.05, 0.1) is 30.4 Å². The van der Waals surface area contributed by atoms with Gasteiger partial charge in [-0.2, -0.15) is 0 Å². The van der Waals surface area contributed by atoms with Crippen molar-refractivity contribution < 1.29 is 31.9 Å². The van der Waals surface area contributed by atoms with E-state index in [0.717, 1.165) is 6.07 Å². The van der Waals surface area contributed by atoms with E-state index in [1.165, 1.54) is 35.1 Å². The Kier molecular flexibility index (Phi) is 7.31. The Bertz CT molecular complexity index is 1360. The molecular weight excluding hydrogens is 514 g/mol. The van der Waals surface area contributed by atoms with Crippen LogP contribution in [0.15, 0.2) is 42.5 Å². The van der Waals surface area contributed by atoms with E-state index in [0.29, 0.717) is 23.4 Å². The minimum Gasteiger partial charge on any atom is -0.497 e. The molecule has 3 aromatic carbocycles. The minimum absolute atomic E-state index is 0.0573. The van der Waals surface area contributed by atoms with Crippen LogP contribution in [0.4, 0.5) is 28.0 Å². The zero-order valence-electron chi connectivity index (χ0n) is 20.0. The van der Waals surface area contributed by atoms with Crippen LogP contribution in [0.5, 0.6) is 5.75 Å². The lowest BCUT2D eigenvalue weighted by atomic mass is 9.98. The first-order chi connectivity index (χ1) is 17.5. The monoisotopic (exact) mass is 535 g/mol. The molecule has 1 N–H and O–H groups in total. The van der Waals surface area contributed by atoms with Crippen molar-refractivity contribution in [3.05, 3.63) is 93.0 Å². The molecule has 0 unspecified atom stereocenters. The zero-order valence-corrected chi connectivity index (χ0v) is 20.8. The number of benzene rings is 3. The molecule has 0 radical (unpaired) electrons. The molecule has 0 fully saturated rings. The van der Waals surface area contributed by atoms with Gasteiger partial charge in [-0.25, -0.2) is 22.4 Å². The Morgan fingerprint density at radius 3 is 2.30 bits per heavy atom. The fourth-order valence-corrected chi connectivity index (χ4v) is 4.37. The predicted octanol–water partition coefficient (Wildman–Crippen LogP) is 5.97. The van der Waals surface area contributed by atoms with Crippen molar-refractivity contribution in [3.8, 4) is 5.75 Å². The summed E-state index contributed by atoms with van der Waals surface area (Å²) in [5, 5.41) is 2.46. The summed E-state index contributed by atoms with van der Waals surface area (Å²) >= 11 is 6.27. The number of nitrogens with one attached hydrogen (secondary N) is 1. The number of hydrogen-bond acceptors (Lipinski definition) is 3. The molecule has 0 spiro atoms. The molecule has 6 nitrogen and oxygen atoms in total. The Morgan fingerprint density at radius 1 is 1.03 bits per heavy atom. The molecule has 0 aliphatic carbocycles. The Balaban J connectivity index is 1.66. The molecule has 0 saturated heterocycles. The summed E-state index contributed by atoms with van der Waals surface area (Å²) in [5.41, 5.74) is 0.705. The van der Waals surface area contributed by atoms with E-state index in [2.05, 4.69) is 5.32 Å². The van der Waals surface area contributed by atoms with Gasteiger partial charge in [0.2, 0.25) is 0 Å². The number of nitrogens with zero attached hydrogens (tertiary/aromatic N) is 2. The molecule has 4 rings (SSSR count). The van der Waals surface area contributed by atoms with Crippen molar-refractivity contribution in [1.29, 1.82) is 0 Å². The predicted molar refractivity (Wildman–Crippen MR) is 130 cm³/mol. The highest BCUT2D eigenvalue weighted by Crippen LogP contribution is 2.38.